The van der Waals surface area contributed by atoms with Gasteiger partial charge in [-0.1, -0.05) is 39.0 Å². The van der Waals surface area contributed by atoms with Gasteiger partial charge in [-0.3, -0.25) is 9.59 Å². The Balaban J connectivity index is 2.07. The molecule has 1 unspecified atom stereocenters. The topological polar surface area (TPSA) is 49.4 Å². The number of amides is 2. The van der Waals surface area contributed by atoms with Crippen molar-refractivity contribution >= 4 is 11.8 Å². The van der Waals surface area contributed by atoms with Gasteiger partial charge >= 0.3 is 0 Å². The zero-order valence-corrected chi connectivity index (χ0v) is 12.9. The van der Waals surface area contributed by atoms with Crippen LogP contribution >= 0.6 is 0 Å². The molecule has 2 fully saturated rings. The smallest absolute Gasteiger partial charge is 0.248 e. The fourth-order valence-electron chi connectivity index (χ4n) is 3.57. The molecule has 2 amide bonds. The summed E-state index contributed by atoms with van der Waals surface area (Å²) in [5.41, 5.74) is -0.577. The van der Waals surface area contributed by atoms with Crippen molar-refractivity contribution in [1.29, 1.82) is 0 Å². The zero-order valence-electron chi connectivity index (χ0n) is 12.9. The Kier molecular flexibility index (Phi) is 5.06. The molecule has 1 saturated carbocycles. The Hall–Kier alpha value is -1.06. The van der Waals surface area contributed by atoms with Crippen LogP contribution in [0.5, 0.6) is 0 Å². The van der Waals surface area contributed by atoms with E-state index in [0.29, 0.717) is 6.42 Å². The van der Waals surface area contributed by atoms with Crippen LogP contribution in [0.25, 0.3) is 0 Å². The van der Waals surface area contributed by atoms with Crippen LogP contribution in [0, 0.1) is 0 Å². The SMILES string of the molecule is CCCCCCN1C(=O)C2(CCCC2)NC(=O)CC1C. The first-order chi connectivity index (χ1) is 9.59. The van der Waals surface area contributed by atoms with Crippen molar-refractivity contribution in [2.75, 3.05) is 6.54 Å². The van der Waals surface area contributed by atoms with Crippen LogP contribution in [-0.4, -0.2) is 34.8 Å². The first-order valence-corrected chi connectivity index (χ1v) is 8.21. The van der Waals surface area contributed by atoms with Gasteiger partial charge in [0.2, 0.25) is 11.8 Å². The van der Waals surface area contributed by atoms with E-state index in [1.807, 2.05) is 11.8 Å². The molecular formula is C16H28N2O2. The number of nitrogens with one attached hydrogen (secondary N) is 1. The molecule has 0 bridgehead atoms. The summed E-state index contributed by atoms with van der Waals surface area (Å²) in [6.45, 7) is 5.00. The summed E-state index contributed by atoms with van der Waals surface area (Å²) in [4.78, 5) is 26.9. The molecule has 2 aliphatic rings. The molecule has 1 saturated heterocycles. The van der Waals surface area contributed by atoms with E-state index in [4.69, 9.17) is 0 Å². The molecule has 1 aliphatic heterocycles. The maximum atomic E-state index is 12.9. The summed E-state index contributed by atoms with van der Waals surface area (Å²) in [6.07, 6.45) is 8.81. The van der Waals surface area contributed by atoms with Crippen LogP contribution in [-0.2, 0) is 9.59 Å². The summed E-state index contributed by atoms with van der Waals surface area (Å²) in [7, 11) is 0. The Morgan fingerprint density at radius 1 is 1.20 bits per heavy atom. The lowest BCUT2D eigenvalue weighted by Gasteiger charge is -2.34. The molecule has 1 spiro atoms. The van der Waals surface area contributed by atoms with Gasteiger partial charge in [0.15, 0.2) is 0 Å². The fraction of sp³-hybridized carbons (Fsp3) is 0.875. The van der Waals surface area contributed by atoms with Crippen molar-refractivity contribution in [1.82, 2.24) is 10.2 Å². The van der Waals surface area contributed by atoms with Crippen molar-refractivity contribution in [3.05, 3.63) is 0 Å². The van der Waals surface area contributed by atoms with E-state index in [1.165, 1.54) is 19.3 Å². The van der Waals surface area contributed by atoms with E-state index < -0.39 is 5.54 Å². The molecule has 0 aromatic rings. The largest absolute Gasteiger partial charge is 0.342 e. The second-order valence-corrected chi connectivity index (χ2v) is 6.45. The summed E-state index contributed by atoms with van der Waals surface area (Å²) >= 11 is 0. The highest BCUT2D eigenvalue weighted by atomic mass is 16.2. The highest BCUT2D eigenvalue weighted by Gasteiger charge is 2.47. The molecule has 4 nitrogen and oxygen atoms in total. The number of hydrogen-bond acceptors (Lipinski definition) is 2. The lowest BCUT2D eigenvalue weighted by molar-refractivity contribution is -0.140. The van der Waals surface area contributed by atoms with Crippen molar-refractivity contribution in [3.63, 3.8) is 0 Å². The first-order valence-electron chi connectivity index (χ1n) is 8.21. The molecule has 20 heavy (non-hydrogen) atoms. The van der Waals surface area contributed by atoms with Gasteiger partial charge in [0.05, 0.1) is 0 Å². The van der Waals surface area contributed by atoms with Crippen LogP contribution in [0.3, 0.4) is 0 Å². The summed E-state index contributed by atoms with van der Waals surface area (Å²) < 4.78 is 0. The van der Waals surface area contributed by atoms with Crippen LogP contribution in [0.15, 0.2) is 0 Å². The molecule has 0 aromatic heterocycles. The normalized spacial score (nSPS) is 25.9. The third-order valence-electron chi connectivity index (χ3n) is 4.77. The van der Waals surface area contributed by atoms with Crippen LogP contribution in [0.2, 0.25) is 0 Å². The Bertz CT molecular complexity index is 361. The van der Waals surface area contributed by atoms with Gasteiger partial charge in [-0.25, -0.2) is 0 Å². The van der Waals surface area contributed by atoms with Gasteiger partial charge < -0.3 is 10.2 Å². The molecular weight excluding hydrogens is 252 g/mol. The molecule has 1 aliphatic carbocycles. The van der Waals surface area contributed by atoms with Crippen molar-refractivity contribution in [3.8, 4) is 0 Å². The third-order valence-corrected chi connectivity index (χ3v) is 4.77. The number of carbonyl (C=O) groups is 2. The minimum atomic E-state index is -0.577. The maximum absolute atomic E-state index is 12.9. The van der Waals surface area contributed by atoms with Crippen molar-refractivity contribution in [2.45, 2.75) is 83.2 Å². The quantitative estimate of drug-likeness (QED) is 0.787. The monoisotopic (exact) mass is 280 g/mol. The number of unbranched alkanes of at least 4 members (excludes halogenated alkanes) is 3. The second kappa shape index (κ2) is 6.59. The molecule has 0 aromatic carbocycles. The van der Waals surface area contributed by atoms with Crippen LogP contribution in [0.4, 0.5) is 0 Å². The molecule has 114 valence electrons. The van der Waals surface area contributed by atoms with E-state index >= 15 is 0 Å². The summed E-state index contributed by atoms with van der Waals surface area (Å²) in [5, 5.41) is 3.04. The Morgan fingerprint density at radius 2 is 1.90 bits per heavy atom. The average molecular weight is 280 g/mol. The number of rotatable bonds is 5. The molecule has 0 radical (unpaired) electrons. The molecule has 4 heteroatoms. The van der Waals surface area contributed by atoms with Crippen molar-refractivity contribution in [2.24, 2.45) is 0 Å². The fourth-order valence-corrected chi connectivity index (χ4v) is 3.57. The summed E-state index contributed by atoms with van der Waals surface area (Å²) in [5.74, 6) is 0.216. The molecule has 2 rings (SSSR count). The molecule has 1 heterocycles. The highest BCUT2D eigenvalue weighted by Crippen LogP contribution is 2.34. The van der Waals surface area contributed by atoms with Gasteiger partial charge in [-0.05, 0) is 26.2 Å². The number of hydrogen-bond donors (Lipinski definition) is 1. The minimum absolute atomic E-state index is 0.0316. The third kappa shape index (κ3) is 3.15. The van der Waals surface area contributed by atoms with Gasteiger partial charge in [-0.15, -0.1) is 0 Å². The molecule has 1 N–H and O–H groups in total. The zero-order chi connectivity index (χ0) is 14.6. The predicted octanol–water partition coefficient (Wildman–Crippen LogP) is 2.62. The van der Waals surface area contributed by atoms with Crippen LogP contribution in [0.1, 0.15) is 71.6 Å². The van der Waals surface area contributed by atoms with Crippen molar-refractivity contribution < 1.29 is 9.59 Å². The van der Waals surface area contributed by atoms with E-state index in [-0.39, 0.29) is 17.9 Å². The number of nitrogens with zero attached hydrogens (tertiary/aromatic N) is 1. The van der Waals surface area contributed by atoms with Crippen LogP contribution < -0.4 is 5.32 Å². The standard InChI is InChI=1S/C16H28N2O2/c1-3-4-5-8-11-18-13(2)12-14(19)17-16(15(18)20)9-6-7-10-16/h13H,3-12H2,1-2H3,(H,17,19). The van der Waals surface area contributed by atoms with E-state index in [2.05, 4.69) is 12.2 Å². The van der Waals surface area contributed by atoms with E-state index in [1.54, 1.807) is 0 Å². The molecule has 1 atom stereocenters. The Labute approximate surface area is 122 Å². The second-order valence-electron chi connectivity index (χ2n) is 6.45. The first kappa shape index (κ1) is 15.3. The van der Waals surface area contributed by atoms with E-state index in [0.717, 1.165) is 38.6 Å². The van der Waals surface area contributed by atoms with Gasteiger partial charge in [0, 0.05) is 19.0 Å². The van der Waals surface area contributed by atoms with Gasteiger partial charge in [0.25, 0.3) is 0 Å². The van der Waals surface area contributed by atoms with Gasteiger partial charge in [-0.2, -0.15) is 0 Å². The Morgan fingerprint density at radius 3 is 2.55 bits per heavy atom. The minimum Gasteiger partial charge on any atom is -0.342 e. The lowest BCUT2D eigenvalue weighted by atomic mass is 9.95. The highest BCUT2D eigenvalue weighted by molar-refractivity contribution is 5.94. The number of carbonyl (C=O) groups excluding carboxylic acids is 2. The van der Waals surface area contributed by atoms with Gasteiger partial charge in [0.1, 0.15) is 5.54 Å². The lowest BCUT2D eigenvalue weighted by Crippen LogP contribution is -2.56. The predicted molar refractivity (Wildman–Crippen MR) is 79.3 cm³/mol. The summed E-state index contributed by atoms with van der Waals surface area (Å²) in [6, 6.07) is 0.0316. The average Bonchev–Trinajstić information content (AvgIpc) is 2.84. The maximum Gasteiger partial charge on any atom is 0.248 e. The van der Waals surface area contributed by atoms with E-state index in [9.17, 15) is 9.59 Å².